The van der Waals surface area contributed by atoms with Crippen molar-refractivity contribution in [2.24, 2.45) is 0 Å². The number of rotatable bonds is 12. The van der Waals surface area contributed by atoms with Gasteiger partial charge in [-0.3, -0.25) is 13.9 Å². The van der Waals surface area contributed by atoms with Gasteiger partial charge < -0.3 is 10.2 Å². The summed E-state index contributed by atoms with van der Waals surface area (Å²) in [5.74, 6) is -0.784. The Morgan fingerprint density at radius 1 is 0.744 bits per heavy atom. The summed E-state index contributed by atoms with van der Waals surface area (Å²) in [7, 11) is -4.12. The molecule has 0 spiro atoms. The van der Waals surface area contributed by atoms with Gasteiger partial charge in [0, 0.05) is 19.0 Å². The van der Waals surface area contributed by atoms with Crippen LogP contribution in [0.3, 0.4) is 0 Å². The van der Waals surface area contributed by atoms with Crippen molar-refractivity contribution in [2.45, 2.75) is 57.6 Å². The summed E-state index contributed by atoms with van der Waals surface area (Å²) in [6.45, 7) is 7.25. The Labute approximate surface area is 255 Å². The van der Waals surface area contributed by atoms with E-state index in [0.29, 0.717) is 5.69 Å². The number of hydrogen-bond acceptors (Lipinski definition) is 4. The van der Waals surface area contributed by atoms with Crippen LogP contribution in [0.15, 0.2) is 114 Å². The van der Waals surface area contributed by atoms with E-state index in [-0.39, 0.29) is 29.8 Å². The second kappa shape index (κ2) is 14.2. The Morgan fingerprint density at radius 2 is 1.30 bits per heavy atom. The van der Waals surface area contributed by atoms with Gasteiger partial charge in [0.2, 0.25) is 11.8 Å². The maximum atomic E-state index is 14.4. The van der Waals surface area contributed by atoms with Gasteiger partial charge in [0.05, 0.1) is 10.6 Å². The fraction of sp³-hybridized carbons (Fsp3) is 0.257. The van der Waals surface area contributed by atoms with Crippen LogP contribution in [-0.4, -0.2) is 43.8 Å². The lowest BCUT2D eigenvalue weighted by molar-refractivity contribution is -0.140. The van der Waals surface area contributed by atoms with Crippen molar-refractivity contribution >= 4 is 27.5 Å². The summed E-state index contributed by atoms with van der Waals surface area (Å²) in [5.41, 5.74) is 4.00. The van der Waals surface area contributed by atoms with Crippen LogP contribution >= 0.6 is 0 Å². The molecule has 43 heavy (non-hydrogen) atoms. The Bertz CT molecular complexity index is 1630. The number of sulfonamides is 1. The molecular formula is C35H39N3O4S. The Balaban J connectivity index is 1.80. The topological polar surface area (TPSA) is 86.8 Å². The quantitative estimate of drug-likeness (QED) is 0.228. The fourth-order valence-corrected chi connectivity index (χ4v) is 6.27. The van der Waals surface area contributed by atoms with E-state index in [1.807, 2.05) is 94.4 Å². The molecule has 2 amide bonds. The number of hydrogen-bond donors (Lipinski definition) is 1. The molecule has 0 fully saturated rings. The van der Waals surface area contributed by atoms with Crippen molar-refractivity contribution in [3.05, 3.63) is 131 Å². The maximum Gasteiger partial charge on any atom is 0.264 e. The average Bonchev–Trinajstić information content (AvgIpc) is 3.00. The number of nitrogens with one attached hydrogen (secondary N) is 1. The molecule has 7 nitrogen and oxygen atoms in total. The van der Waals surface area contributed by atoms with E-state index in [9.17, 15) is 18.0 Å². The van der Waals surface area contributed by atoms with Crippen molar-refractivity contribution in [2.75, 3.05) is 10.8 Å². The summed E-state index contributed by atoms with van der Waals surface area (Å²) < 4.78 is 29.3. The second-order valence-corrected chi connectivity index (χ2v) is 12.8. The van der Waals surface area contributed by atoms with Crippen molar-refractivity contribution in [3.8, 4) is 0 Å². The number of amides is 2. The first-order valence-corrected chi connectivity index (χ1v) is 15.8. The van der Waals surface area contributed by atoms with Crippen molar-refractivity contribution in [1.82, 2.24) is 10.2 Å². The second-order valence-electron chi connectivity index (χ2n) is 11.0. The van der Waals surface area contributed by atoms with Gasteiger partial charge in [0.15, 0.2) is 0 Å². The molecule has 0 saturated carbocycles. The van der Waals surface area contributed by atoms with Gasteiger partial charge in [-0.25, -0.2) is 8.42 Å². The molecular weight excluding hydrogens is 558 g/mol. The number of carbonyl (C=O) groups excluding carboxylic acids is 2. The molecule has 4 aromatic rings. The number of anilines is 1. The first-order valence-electron chi connectivity index (χ1n) is 14.4. The van der Waals surface area contributed by atoms with Crippen LogP contribution < -0.4 is 9.62 Å². The largest absolute Gasteiger partial charge is 0.352 e. The molecule has 0 radical (unpaired) electrons. The molecule has 0 heterocycles. The first-order chi connectivity index (χ1) is 20.6. The maximum absolute atomic E-state index is 14.4. The first kappa shape index (κ1) is 31.5. The number of aryl methyl sites for hydroxylation is 2. The van der Waals surface area contributed by atoms with Crippen LogP contribution in [0.1, 0.15) is 36.1 Å². The summed E-state index contributed by atoms with van der Waals surface area (Å²) in [6.07, 6.45) is 0.271. The highest BCUT2D eigenvalue weighted by Gasteiger charge is 2.34. The molecule has 4 rings (SSSR count). The minimum atomic E-state index is -4.12. The van der Waals surface area contributed by atoms with E-state index in [2.05, 4.69) is 5.32 Å². The summed E-state index contributed by atoms with van der Waals surface area (Å²) >= 11 is 0. The predicted octanol–water partition coefficient (Wildman–Crippen LogP) is 5.66. The Kier molecular flexibility index (Phi) is 10.4. The normalized spacial score (nSPS) is 12.0. The molecule has 224 valence electrons. The molecule has 1 atom stereocenters. The van der Waals surface area contributed by atoms with Gasteiger partial charge in [0.1, 0.15) is 12.6 Å². The van der Waals surface area contributed by atoms with E-state index >= 15 is 0 Å². The van der Waals surface area contributed by atoms with Crippen LogP contribution in [0.4, 0.5) is 5.69 Å². The molecule has 0 aromatic heterocycles. The van der Waals surface area contributed by atoms with Gasteiger partial charge >= 0.3 is 0 Å². The van der Waals surface area contributed by atoms with Crippen LogP contribution in [0.5, 0.6) is 0 Å². The minimum Gasteiger partial charge on any atom is -0.352 e. The Morgan fingerprint density at radius 3 is 1.86 bits per heavy atom. The van der Waals surface area contributed by atoms with Crippen LogP contribution in [-0.2, 0) is 32.6 Å². The monoisotopic (exact) mass is 597 g/mol. The number of benzene rings is 4. The lowest BCUT2D eigenvalue weighted by Gasteiger charge is -2.34. The van der Waals surface area contributed by atoms with Gasteiger partial charge in [-0.2, -0.15) is 0 Å². The highest BCUT2D eigenvalue weighted by Crippen LogP contribution is 2.27. The Hall–Kier alpha value is -4.43. The van der Waals surface area contributed by atoms with E-state index in [4.69, 9.17) is 0 Å². The molecule has 1 unspecified atom stereocenters. The number of carbonyl (C=O) groups is 2. The minimum absolute atomic E-state index is 0.0778. The smallest absolute Gasteiger partial charge is 0.264 e. The van der Waals surface area contributed by atoms with Gasteiger partial charge in [-0.15, -0.1) is 0 Å². The average molecular weight is 598 g/mol. The zero-order chi connectivity index (χ0) is 31.0. The van der Waals surface area contributed by atoms with E-state index in [1.54, 1.807) is 30.3 Å². The van der Waals surface area contributed by atoms with Crippen molar-refractivity contribution in [3.63, 3.8) is 0 Å². The zero-order valence-electron chi connectivity index (χ0n) is 25.1. The van der Waals surface area contributed by atoms with Crippen LogP contribution in [0.25, 0.3) is 0 Å². The lowest BCUT2D eigenvalue weighted by Crippen LogP contribution is -2.54. The predicted molar refractivity (Wildman–Crippen MR) is 171 cm³/mol. The standard InChI is InChI=1S/C35H39N3O4S/c1-26(2)36-35(40)33(23-29-14-8-5-9-15-29)37(24-30-16-10-6-11-17-30)34(39)25-38(31-21-20-27(3)28(4)22-31)43(41,42)32-18-12-7-13-19-32/h5-22,26,33H,23-25H2,1-4H3,(H,36,40). The van der Waals surface area contributed by atoms with Gasteiger partial charge in [0.25, 0.3) is 10.0 Å². The third-order valence-corrected chi connectivity index (χ3v) is 9.07. The van der Waals surface area contributed by atoms with Crippen molar-refractivity contribution < 1.29 is 18.0 Å². The fourth-order valence-electron chi connectivity index (χ4n) is 4.84. The molecule has 0 aliphatic carbocycles. The molecule has 0 aliphatic heterocycles. The third kappa shape index (κ3) is 8.11. The molecule has 0 saturated heterocycles. The van der Waals surface area contributed by atoms with Crippen molar-refractivity contribution in [1.29, 1.82) is 0 Å². The SMILES string of the molecule is Cc1ccc(N(CC(=O)N(Cc2ccccc2)C(Cc2ccccc2)C(=O)NC(C)C)S(=O)(=O)c2ccccc2)cc1C. The van der Waals surface area contributed by atoms with E-state index in [1.165, 1.54) is 17.0 Å². The highest BCUT2D eigenvalue weighted by molar-refractivity contribution is 7.92. The third-order valence-electron chi connectivity index (χ3n) is 7.29. The molecule has 0 aliphatic rings. The summed E-state index contributed by atoms with van der Waals surface area (Å²) in [6, 6.07) is 31.3. The van der Waals surface area contributed by atoms with Crippen LogP contribution in [0, 0.1) is 13.8 Å². The molecule has 0 bridgehead atoms. The van der Waals surface area contributed by atoms with E-state index < -0.39 is 28.5 Å². The summed E-state index contributed by atoms with van der Waals surface area (Å²) in [5, 5.41) is 2.97. The van der Waals surface area contributed by atoms with Crippen LogP contribution in [0.2, 0.25) is 0 Å². The lowest BCUT2D eigenvalue weighted by atomic mass is 10.0. The zero-order valence-corrected chi connectivity index (χ0v) is 25.9. The highest BCUT2D eigenvalue weighted by atomic mass is 32.2. The molecule has 8 heteroatoms. The summed E-state index contributed by atoms with van der Waals surface area (Å²) in [4.78, 5) is 29.7. The van der Waals surface area contributed by atoms with E-state index in [0.717, 1.165) is 26.6 Å². The molecule has 1 N–H and O–H groups in total. The van der Waals surface area contributed by atoms with Gasteiger partial charge in [-0.1, -0.05) is 84.9 Å². The molecule has 4 aromatic carbocycles. The van der Waals surface area contributed by atoms with Gasteiger partial charge in [-0.05, 0) is 74.2 Å². The number of nitrogens with zero attached hydrogens (tertiary/aromatic N) is 2.